The Morgan fingerprint density at radius 1 is 1.33 bits per heavy atom. The van der Waals surface area contributed by atoms with Crippen LogP contribution in [0.5, 0.6) is 5.75 Å². The molecule has 0 heterocycles. The van der Waals surface area contributed by atoms with E-state index >= 15 is 0 Å². The highest BCUT2D eigenvalue weighted by Gasteiger charge is 2.34. The van der Waals surface area contributed by atoms with Gasteiger partial charge in [0.1, 0.15) is 5.75 Å². The Bertz CT molecular complexity index is 468. The molecule has 1 saturated carbocycles. The van der Waals surface area contributed by atoms with Crippen LogP contribution >= 0.6 is 0 Å². The summed E-state index contributed by atoms with van der Waals surface area (Å²) in [4.78, 5) is 12.2. The third-order valence-electron chi connectivity index (χ3n) is 4.26. The third-order valence-corrected chi connectivity index (χ3v) is 4.26. The highest BCUT2D eigenvalue weighted by atomic mass is 16.5. The first kappa shape index (κ1) is 15.8. The Hall–Kier alpha value is -1.55. The van der Waals surface area contributed by atoms with Gasteiger partial charge in [0.25, 0.3) is 0 Å². The molecule has 0 spiro atoms. The van der Waals surface area contributed by atoms with Crippen molar-refractivity contribution in [1.82, 2.24) is 5.32 Å². The predicted octanol–water partition coefficient (Wildman–Crippen LogP) is 2.41. The maximum absolute atomic E-state index is 12.2. The molecule has 1 aliphatic rings. The van der Waals surface area contributed by atoms with Crippen molar-refractivity contribution in [3.05, 3.63) is 29.8 Å². The Labute approximate surface area is 127 Å². The van der Waals surface area contributed by atoms with Gasteiger partial charge in [-0.05, 0) is 43.4 Å². The van der Waals surface area contributed by atoms with Crippen LogP contribution in [-0.2, 0) is 11.2 Å². The second-order valence-corrected chi connectivity index (χ2v) is 5.93. The quantitative estimate of drug-likeness (QED) is 0.791. The molecule has 0 aromatic heterocycles. The van der Waals surface area contributed by atoms with Crippen LogP contribution < -0.4 is 15.8 Å². The van der Waals surface area contributed by atoms with E-state index in [0.717, 1.165) is 44.3 Å². The number of carbonyl (C=O) groups excluding carboxylic acids is 1. The van der Waals surface area contributed by atoms with Crippen LogP contribution in [0.15, 0.2) is 24.3 Å². The number of rotatable bonds is 6. The summed E-state index contributed by atoms with van der Waals surface area (Å²) in [5.41, 5.74) is 6.80. The predicted molar refractivity (Wildman–Crippen MR) is 84.3 cm³/mol. The smallest absolute Gasteiger partial charge is 0.240 e. The molecule has 1 aromatic rings. The van der Waals surface area contributed by atoms with Crippen LogP contribution in [0.1, 0.15) is 44.1 Å². The average molecular weight is 290 g/mol. The van der Waals surface area contributed by atoms with E-state index in [1.165, 1.54) is 12.0 Å². The summed E-state index contributed by atoms with van der Waals surface area (Å²) in [5.74, 6) is 0.896. The lowest BCUT2D eigenvalue weighted by Gasteiger charge is -2.31. The summed E-state index contributed by atoms with van der Waals surface area (Å²) in [5, 5.41) is 3.00. The fourth-order valence-electron chi connectivity index (χ4n) is 2.91. The zero-order chi connectivity index (χ0) is 15.1. The minimum atomic E-state index is -0.631. The Balaban J connectivity index is 1.72. The number of aryl methyl sites for hydroxylation is 1. The van der Waals surface area contributed by atoms with E-state index in [1.54, 1.807) is 7.11 Å². The molecular formula is C17H26N2O2. The molecule has 3 N–H and O–H groups in total. The number of carbonyl (C=O) groups is 1. The van der Waals surface area contributed by atoms with E-state index in [9.17, 15) is 4.79 Å². The van der Waals surface area contributed by atoms with E-state index in [4.69, 9.17) is 10.5 Å². The first-order valence-corrected chi connectivity index (χ1v) is 7.84. The van der Waals surface area contributed by atoms with Crippen molar-refractivity contribution in [3.63, 3.8) is 0 Å². The van der Waals surface area contributed by atoms with Crippen LogP contribution in [0.25, 0.3) is 0 Å². The number of amides is 1. The first-order valence-electron chi connectivity index (χ1n) is 7.84. The van der Waals surface area contributed by atoms with Crippen LogP contribution in [0, 0.1) is 0 Å². The van der Waals surface area contributed by atoms with Gasteiger partial charge in [-0.3, -0.25) is 4.79 Å². The lowest BCUT2D eigenvalue weighted by atomic mass is 9.82. The lowest BCUT2D eigenvalue weighted by Crippen LogP contribution is -2.55. The molecule has 0 aliphatic heterocycles. The van der Waals surface area contributed by atoms with Crippen molar-refractivity contribution in [3.8, 4) is 5.75 Å². The number of nitrogens with two attached hydrogens (primary N) is 1. The minimum absolute atomic E-state index is 0.0212. The van der Waals surface area contributed by atoms with Crippen molar-refractivity contribution in [2.45, 2.75) is 50.5 Å². The summed E-state index contributed by atoms with van der Waals surface area (Å²) in [6.45, 7) is 0.676. The Morgan fingerprint density at radius 3 is 2.81 bits per heavy atom. The fourth-order valence-corrected chi connectivity index (χ4v) is 2.91. The van der Waals surface area contributed by atoms with Crippen molar-refractivity contribution < 1.29 is 9.53 Å². The molecule has 0 saturated heterocycles. The topological polar surface area (TPSA) is 64.3 Å². The Morgan fingerprint density at radius 2 is 2.10 bits per heavy atom. The van der Waals surface area contributed by atoms with E-state index in [1.807, 2.05) is 18.2 Å². The number of ether oxygens (including phenoxy) is 1. The normalized spacial score (nSPS) is 17.2. The van der Waals surface area contributed by atoms with Gasteiger partial charge in [-0.2, -0.15) is 0 Å². The first-order chi connectivity index (χ1) is 10.1. The SMILES string of the molecule is COc1cccc(CCCNC(=O)C2(N)CCCCC2)c1. The minimum Gasteiger partial charge on any atom is -0.497 e. The van der Waals surface area contributed by atoms with Crippen LogP contribution in [0.2, 0.25) is 0 Å². The zero-order valence-electron chi connectivity index (χ0n) is 12.9. The molecule has 1 fully saturated rings. The lowest BCUT2D eigenvalue weighted by molar-refractivity contribution is -0.127. The summed E-state index contributed by atoms with van der Waals surface area (Å²) >= 11 is 0. The molecule has 116 valence electrons. The average Bonchev–Trinajstić information content (AvgIpc) is 2.52. The second kappa shape index (κ2) is 7.46. The molecule has 0 bridgehead atoms. The molecule has 4 nitrogen and oxygen atoms in total. The number of hydrogen-bond acceptors (Lipinski definition) is 3. The van der Waals surface area contributed by atoms with Crippen LogP contribution in [0.3, 0.4) is 0 Å². The molecule has 1 amide bonds. The van der Waals surface area contributed by atoms with E-state index in [2.05, 4.69) is 11.4 Å². The molecule has 2 rings (SSSR count). The van der Waals surface area contributed by atoms with E-state index in [0.29, 0.717) is 6.54 Å². The summed E-state index contributed by atoms with van der Waals surface area (Å²) in [6.07, 6.45) is 6.79. The molecule has 0 atom stereocenters. The zero-order valence-corrected chi connectivity index (χ0v) is 12.9. The summed E-state index contributed by atoms with van der Waals surface area (Å²) < 4.78 is 5.21. The van der Waals surface area contributed by atoms with Gasteiger partial charge in [0.2, 0.25) is 5.91 Å². The Kier molecular flexibility index (Phi) is 5.62. The molecular weight excluding hydrogens is 264 g/mol. The number of methoxy groups -OCH3 is 1. The number of benzene rings is 1. The number of nitrogens with one attached hydrogen (secondary N) is 1. The van der Waals surface area contributed by atoms with Gasteiger partial charge >= 0.3 is 0 Å². The molecule has 0 unspecified atom stereocenters. The van der Waals surface area contributed by atoms with Gasteiger partial charge in [-0.25, -0.2) is 0 Å². The maximum Gasteiger partial charge on any atom is 0.240 e. The van der Waals surface area contributed by atoms with Gasteiger partial charge in [0.15, 0.2) is 0 Å². The fraction of sp³-hybridized carbons (Fsp3) is 0.588. The summed E-state index contributed by atoms with van der Waals surface area (Å²) in [7, 11) is 1.67. The van der Waals surface area contributed by atoms with Gasteiger partial charge in [-0.1, -0.05) is 31.4 Å². The highest BCUT2D eigenvalue weighted by Crippen LogP contribution is 2.25. The van der Waals surface area contributed by atoms with Crippen molar-refractivity contribution in [2.75, 3.05) is 13.7 Å². The van der Waals surface area contributed by atoms with E-state index in [-0.39, 0.29) is 5.91 Å². The largest absolute Gasteiger partial charge is 0.497 e. The highest BCUT2D eigenvalue weighted by molar-refractivity contribution is 5.86. The summed E-state index contributed by atoms with van der Waals surface area (Å²) in [6, 6.07) is 8.04. The molecule has 1 aromatic carbocycles. The maximum atomic E-state index is 12.2. The van der Waals surface area contributed by atoms with Gasteiger partial charge in [0, 0.05) is 6.54 Å². The third kappa shape index (κ3) is 4.46. The second-order valence-electron chi connectivity index (χ2n) is 5.93. The van der Waals surface area contributed by atoms with Gasteiger partial charge < -0.3 is 15.8 Å². The molecule has 4 heteroatoms. The molecule has 21 heavy (non-hydrogen) atoms. The van der Waals surface area contributed by atoms with Gasteiger partial charge in [-0.15, -0.1) is 0 Å². The van der Waals surface area contributed by atoms with Crippen molar-refractivity contribution in [2.24, 2.45) is 5.73 Å². The van der Waals surface area contributed by atoms with Crippen molar-refractivity contribution >= 4 is 5.91 Å². The monoisotopic (exact) mass is 290 g/mol. The van der Waals surface area contributed by atoms with E-state index < -0.39 is 5.54 Å². The van der Waals surface area contributed by atoms with Crippen LogP contribution in [0.4, 0.5) is 0 Å². The number of hydrogen-bond donors (Lipinski definition) is 2. The van der Waals surface area contributed by atoms with Crippen LogP contribution in [-0.4, -0.2) is 25.1 Å². The molecule has 1 aliphatic carbocycles. The van der Waals surface area contributed by atoms with Crippen molar-refractivity contribution in [1.29, 1.82) is 0 Å². The molecule has 0 radical (unpaired) electrons. The standard InChI is InChI=1S/C17H26N2O2/c1-21-15-9-5-7-14(13-15)8-6-12-19-16(20)17(18)10-3-2-4-11-17/h5,7,9,13H,2-4,6,8,10-12,18H2,1H3,(H,19,20). The van der Waals surface area contributed by atoms with Gasteiger partial charge in [0.05, 0.1) is 12.6 Å².